The Morgan fingerprint density at radius 1 is 1.11 bits per heavy atom. The van der Waals surface area contributed by atoms with Gasteiger partial charge in [-0.1, -0.05) is 41.4 Å². The number of nitrogens with one attached hydrogen (secondary N) is 1. The van der Waals surface area contributed by atoms with E-state index in [0.717, 1.165) is 27.5 Å². The maximum Gasteiger partial charge on any atom is 0.250 e. The first-order chi connectivity index (χ1) is 13.4. The number of carbonyl (C=O) groups excluding carboxylic acids is 1. The van der Waals surface area contributed by atoms with Crippen LogP contribution in [0.4, 0.5) is 0 Å². The van der Waals surface area contributed by atoms with E-state index in [-0.39, 0.29) is 5.91 Å². The number of nitrogens with zero attached hydrogens (tertiary/aromatic N) is 2. The van der Waals surface area contributed by atoms with Crippen molar-refractivity contribution in [1.82, 2.24) is 9.99 Å². The number of hydrogen-bond donors (Lipinski definition) is 1. The fourth-order valence-corrected chi connectivity index (χ4v) is 4.08. The highest BCUT2D eigenvalue weighted by molar-refractivity contribution is 8.00. The van der Waals surface area contributed by atoms with Crippen LogP contribution in [0.15, 0.2) is 64.6 Å². The summed E-state index contributed by atoms with van der Waals surface area (Å²) in [5.41, 5.74) is 6.36. The Morgan fingerprint density at radius 2 is 1.79 bits per heavy atom. The number of rotatable bonds is 6. The summed E-state index contributed by atoms with van der Waals surface area (Å²) in [5.74, 6) is 0.155. The minimum absolute atomic E-state index is 0.152. The molecular weight excluding hydrogens is 413 g/mol. The van der Waals surface area contributed by atoms with Gasteiger partial charge in [-0.05, 0) is 50.2 Å². The Bertz CT molecular complexity index is 996. The lowest BCUT2D eigenvalue weighted by molar-refractivity contribution is -0.118. The van der Waals surface area contributed by atoms with Crippen LogP contribution in [-0.4, -0.2) is 22.4 Å². The lowest BCUT2D eigenvalue weighted by atomic mass is 10.2. The van der Waals surface area contributed by atoms with Gasteiger partial charge in [0.1, 0.15) is 0 Å². The standard InChI is InChI=1S/C21H19Cl2N3OS/c1-14-8-16(15(2)26(14)19-10-17(22)9-18(23)11-19)12-24-25-21(27)13-28-20-6-4-3-5-7-20/h3-12H,13H2,1-2H3,(H,25,27)/b24-12+. The van der Waals surface area contributed by atoms with Crippen molar-refractivity contribution < 1.29 is 4.79 Å². The summed E-state index contributed by atoms with van der Waals surface area (Å²) in [6.45, 7) is 3.98. The third kappa shape index (κ3) is 5.19. The molecule has 0 radical (unpaired) electrons. The number of aromatic nitrogens is 1. The number of hydrogen-bond acceptors (Lipinski definition) is 3. The molecule has 28 heavy (non-hydrogen) atoms. The number of hydrazone groups is 1. The van der Waals surface area contributed by atoms with Crippen molar-refractivity contribution in [3.8, 4) is 5.69 Å². The van der Waals surface area contributed by atoms with E-state index >= 15 is 0 Å². The highest BCUT2D eigenvalue weighted by Gasteiger charge is 2.11. The molecule has 0 aliphatic carbocycles. The zero-order valence-corrected chi connectivity index (χ0v) is 17.8. The van der Waals surface area contributed by atoms with Gasteiger partial charge in [0.25, 0.3) is 0 Å². The SMILES string of the molecule is Cc1cc(/C=N/NC(=O)CSc2ccccc2)c(C)n1-c1cc(Cl)cc(Cl)c1. The maximum atomic E-state index is 12.0. The van der Waals surface area contributed by atoms with Crippen LogP contribution in [0.2, 0.25) is 10.0 Å². The topological polar surface area (TPSA) is 46.4 Å². The predicted molar refractivity (Wildman–Crippen MR) is 118 cm³/mol. The van der Waals surface area contributed by atoms with Crippen LogP contribution in [0, 0.1) is 13.8 Å². The molecule has 1 heterocycles. The Balaban J connectivity index is 1.67. The van der Waals surface area contributed by atoms with E-state index in [1.54, 1.807) is 12.3 Å². The highest BCUT2D eigenvalue weighted by Crippen LogP contribution is 2.26. The van der Waals surface area contributed by atoms with Crippen LogP contribution in [0.5, 0.6) is 0 Å². The maximum absolute atomic E-state index is 12.0. The molecule has 4 nitrogen and oxygen atoms in total. The largest absolute Gasteiger partial charge is 0.318 e. The van der Waals surface area contributed by atoms with Gasteiger partial charge in [0, 0.05) is 37.6 Å². The van der Waals surface area contributed by atoms with Crippen LogP contribution >= 0.6 is 35.0 Å². The summed E-state index contributed by atoms with van der Waals surface area (Å²) < 4.78 is 2.05. The molecule has 1 amide bonds. The van der Waals surface area contributed by atoms with E-state index in [9.17, 15) is 4.79 Å². The average Bonchev–Trinajstić information content (AvgIpc) is 2.93. The van der Waals surface area contributed by atoms with Gasteiger partial charge in [-0.2, -0.15) is 5.10 Å². The number of thioether (sulfide) groups is 1. The molecule has 1 aromatic heterocycles. The molecule has 144 valence electrons. The van der Waals surface area contributed by atoms with Gasteiger partial charge in [-0.3, -0.25) is 4.79 Å². The quantitative estimate of drug-likeness (QED) is 0.311. The predicted octanol–water partition coefficient (Wildman–Crippen LogP) is 5.64. The summed E-state index contributed by atoms with van der Waals surface area (Å²) in [5, 5.41) is 5.25. The number of benzene rings is 2. The molecule has 7 heteroatoms. The third-order valence-electron chi connectivity index (χ3n) is 4.08. The van der Waals surface area contributed by atoms with Crippen molar-refractivity contribution >= 4 is 47.1 Å². The van der Waals surface area contributed by atoms with Crippen LogP contribution in [0.3, 0.4) is 0 Å². The molecular formula is C21H19Cl2N3OS. The second-order valence-corrected chi connectivity index (χ2v) is 8.11. The van der Waals surface area contributed by atoms with Gasteiger partial charge in [0.05, 0.1) is 12.0 Å². The van der Waals surface area contributed by atoms with Gasteiger partial charge in [0.15, 0.2) is 0 Å². The Labute approximate surface area is 178 Å². The van der Waals surface area contributed by atoms with Crippen molar-refractivity contribution in [2.24, 2.45) is 5.10 Å². The van der Waals surface area contributed by atoms with Crippen molar-refractivity contribution in [3.05, 3.63) is 81.6 Å². The smallest absolute Gasteiger partial charge is 0.250 e. The third-order valence-corrected chi connectivity index (χ3v) is 5.53. The van der Waals surface area contributed by atoms with Gasteiger partial charge in [-0.25, -0.2) is 5.43 Å². The fourth-order valence-electron chi connectivity index (χ4n) is 2.86. The summed E-state index contributed by atoms with van der Waals surface area (Å²) in [6, 6.07) is 17.2. The summed E-state index contributed by atoms with van der Waals surface area (Å²) in [4.78, 5) is 13.0. The molecule has 0 fully saturated rings. The molecule has 1 N–H and O–H groups in total. The first kappa shape index (κ1) is 20.5. The van der Waals surface area contributed by atoms with Crippen LogP contribution in [0.25, 0.3) is 5.69 Å². The van der Waals surface area contributed by atoms with Crippen molar-refractivity contribution in [3.63, 3.8) is 0 Å². The molecule has 0 unspecified atom stereocenters. The van der Waals surface area contributed by atoms with E-state index in [2.05, 4.69) is 10.5 Å². The second-order valence-electron chi connectivity index (χ2n) is 6.18. The molecule has 3 aromatic rings. The number of aryl methyl sites for hydroxylation is 1. The highest BCUT2D eigenvalue weighted by atomic mass is 35.5. The Kier molecular flexibility index (Phi) is 6.83. The van der Waals surface area contributed by atoms with E-state index in [4.69, 9.17) is 23.2 Å². The van der Waals surface area contributed by atoms with Gasteiger partial charge < -0.3 is 4.57 Å². The van der Waals surface area contributed by atoms with E-state index < -0.39 is 0 Å². The molecule has 0 atom stereocenters. The zero-order chi connectivity index (χ0) is 20.1. The van der Waals surface area contributed by atoms with E-state index in [0.29, 0.717) is 15.8 Å². The minimum atomic E-state index is -0.152. The van der Waals surface area contributed by atoms with Crippen molar-refractivity contribution in [1.29, 1.82) is 0 Å². The lowest BCUT2D eigenvalue weighted by Gasteiger charge is -2.10. The molecule has 0 spiro atoms. The summed E-state index contributed by atoms with van der Waals surface area (Å²) >= 11 is 13.7. The first-order valence-corrected chi connectivity index (χ1v) is 10.3. The molecule has 0 saturated carbocycles. The van der Waals surface area contributed by atoms with Crippen LogP contribution < -0.4 is 5.43 Å². The monoisotopic (exact) mass is 431 g/mol. The second kappa shape index (κ2) is 9.32. The van der Waals surface area contributed by atoms with Crippen molar-refractivity contribution in [2.45, 2.75) is 18.7 Å². The zero-order valence-electron chi connectivity index (χ0n) is 15.4. The average molecular weight is 432 g/mol. The Morgan fingerprint density at radius 3 is 2.46 bits per heavy atom. The number of amides is 1. The molecule has 0 saturated heterocycles. The summed E-state index contributed by atoms with van der Waals surface area (Å²) in [6.07, 6.45) is 1.65. The normalized spacial score (nSPS) is 11.1. The van der Waals surface area contributed by atoms with Gasteiger partial charge in [0.2, 0.25) is 5.91 Å². The first-order valence-electron chi connectivity index (χ1n) is 8.59. The summed E-state index contributed by atoms with van der Waals surface area (Å²) in [7, 11) is 0. The molecule has 0 aliphatic rings. The lowest BCUT2D eigenvalue weighted by Crippen LogP contribution is -2.19. The number of carbonyl (C=O) groups is 1. The van der Waals surface area contributed by atoms with Crippen molar-refractivity contribution in [2.75, 3.05) is 5.75 Å². The molecule has 2 aromatic carbocycles. The number of halogens is 2. The van der Waals surface area contributed by atoms with E-state index in [1.807, 2.05) is 66.9 Å². The van der Waals surface area contributed by atoms with Crippen LogP contribution in [0.1, 0.15) is 17.0 Å². The Hall–Kier alpha value is -2.21. The molecule has 3 rings (SSSR count). The van der Waals surface area contributed by atoms with Gasteiger partial charge >= 0.3 is 0 Å². The van der Waals surface area contributed by atoms with Crippen LogP contribution in [-0.2, 0) is 4.79 Å². The fraction of sp³-hybridized carbons (Fsp3) is 0.143. The van der Waals surface area contributed by atoms with Gasteiger partial charge in [-0.15, -0.1) is 11.8 Å². The minimum Gasteiger partial charge on any atom is -0.318 e. The molecule has 0 bridgehead atoms. The van der Waals surface area contributed by atoms with E-state index in [1.165, 1.54) is 11.8 Å². The molecule has 0 aliphatic heterocycles.